The average Bonchev–Trinajstić information content (AvgIpc) is 3.28. The van der Waals surface area contributed by atoms with E-state index < -0.39 is 0 Å². The highest BCUT2D eigenvalue weighted by molar-refractivity contribution is 7.14. The summed E-state index contributed by atoms with van der Waals surface area (Å²) >= 11 is 1.48. The largest absolute Gasteiger partial charge is 0.354 e. The molecule has 0 aromatic carbocycles. The summed E-state index contributed by atoms with van der Waals surface area (Å²) in [5.41, 5.74) is 0. The van der Waals surface area contributed by atoms with E-state index >= 15 is 0 Å². The summed E-state index contributed by atoms with van der Waals surface area (Å²) in [5.74, 6) is 1.66. The molecule has 2 aliphatic heterocycles. The molecular weight excluding hydrogens is 410 g/mol. The maximum absolute atomic E-state index is 13.0. The number of nitrogens with one attached hydrogen (secondary N) is 1. The molecule has 166 valence electrons. The maximum atomic E-state index is 13.0. The van der Waals surface area contributed by atoms with Crippen LogP contribution in [0.5, 0.6) is 0 Å². The first kappa shape index (κ1) is 21.8. The van der Waals surface area contributed by atoms with Crippen LogP contribution in [0.4, 0.5) is 5.82 Å². The summed E-state index contributed by atoms with van der Waals surface area (Å²) in [6.45, 7) is 8.79. The molecule has 7 nitrogen and oxygen atoms in total. The van der Waals surface area contributed by atoms with Crippen molar-refractivity contribution in [1.82, 2.24) is 20.1 Å². The maximum Gasteiger partial charge on any atom is 0.263 e. The van der Waals surface area contributed by atoms with Gasteiger partial charge in [-0.2, -0.15) is 0 Å². The molecule has 0 aliphatic carbocycles. The minimum Gasteiger partial charge on any atom is -0.354 e. The van der Waals surface area contributed by atoms with Crippen molar-refractivity contribution in [2.24, 2.45) is 5.92 Å². The van der Waals surface area contributed by atoms with Crippen molar-refractivity contribution < 1.29 is 9.59 Å². The third-order valence-electron chi connectivity index (χ3n) is 6.05. The summed E-state index contributed by atoms with van der Waals surface area (Å²) < 4.78 is 0. The first-order chi connectivity index (χ1) is 15.1. The van der Waals surface area contributed by atoms with Crippen LogP contribution in [0, 0.1) is 5.92 Å². The minimum absolute atomic E-state index is 0.0546. The number of hydrogen-bond donors (Lipinski definition) is 1. The van der Waals surface area contributed by atoms with Crippen LogP contribution in [0.25, 0.3) is 0 Å². The molecule has 1 unspecified atom stereocenters. The van der Waals surface area contributed by atoms with E-state index in [-0.39, 0.29) is 11.8 Å². The number of carbonyl (C=O) groups is 2. The van der Waals surface area contributed by atoms with Gasteiger partial charge in [0.15, 0.2) is 0 Å². The van der Waals surface area contributed by atoms with Gasteiger partial charge in [0.1, 0.15) is 5.82 Å². The third kappa shape index (κ3) is 5.83. The highest BCUT2D eigenvalue weighted by Crippen LogP contribution is 2.24. The predicted octanol–water partition coefficient (Wildman–Crippen LogP) is 2.45. The van der Waals surface area contributed by atoms with E-state index in [9.17, 15) is 9.59 Å². The Hall–Kier alpha value is -2.45. The number of rotatable bonds is 6. The van der Waals surface area contributed by atoms with Crippen LogP contribution in [-0.4, -0.2) is 72.4 Å². The molecule has 2 saturated heterocycles. The number of piperidine rings is 1. The van der Waals surface area contributed by atoms with Crippen LogP contribution in [0.1, 0.15) is 34.3 Å². The van der Waals surface area contributed by atoms with E-state index in [2.05, 4.69) is 26.2 Å². The minimum atomic E-state index is -0.0546. The topological polar surface area (TPSA) is 68.8 Å². The fraction of sp³-hybridized carbons (Fsp3) is 0.522. The summed E-state index contributed by atoms with van der Waals surface area (Å²) in [4.78, 5) is 37.3. The molecule has 1 atom stereocenters. The normalized spacial score (nSPS) is 20.0. The molecule has 8 heteroatoms. The van der Waals surface area contributed by atoms with Gasteiger partial charge in [-0.05, 0) is 43.0 Å². The Bertz CT molecular complexity index is 879. The zero-order valence-corrected chi connectivity index (χ0v) is 18.9. The van der Waals surface area contributed by atoms with Gasteiger partial charge >= 0.3 is 0 Å². The van der Waals surface area contributed by atoms with Gasteiger partial charge in [0.05, 0.1) is 11.4 Å². The predicted molar refractivity (Wildman–Crippen MR) is 123 cm³/mol. The zero-order chi connectivity index (χ0) is 21.6. The van der Waals surface area contributed by atoms with Crippen LogP contribution in [0.2, 0.25) is 0 Å². The Morgan fingerprint density at radius 1 is 1.13 bits per heavy atom. The van der Waals surface area contributed by atoms with Crippen molar-refractivity contribution in [3.63, 3.8) is 0 Å². The number of carbonyl (C=O) groups excluding carboxylic acids is 2. The smallest absolute Gasteiger partial charge is 0.263 e. The molecule has 0 spiro atoms. The van der Waals surface area contributed by atoms with Crippen molar-refractivity contribution in [1.29, 1.82) is 0 Å². The highest BCUT2D eigenvalue weighted by atomic mass is 32.1. The van der Waals surface area contributed by atoms with Crippen molar-refractivity contribution in [3.05, 3.63) is 46.3 Å². The lowest BCUT2D eigenvalue weighted by Gasteiger charge is -2.39. The molecule has 0 radical (unpaired) electrons. The number of likely N-dealkylation sites (tertiary alicyclic amines) is 1. The van der Waals surface area contributed by atoms with Crippen molar-refractivity contribution in [2.45, 2.75) is 26.3 Å². The first-order valence-corrected chi connectivity index (χ1v) is 11.9. The molecule has 2 aliphatic rings. The van der Waals surface area contributed by atoms with Crippen molar-refractivity contribution >= 4 is 29.0 Å². The number of piperazine rings is 1. The van der Waals surface area contributed by atoms with E-state index in [1.807, 2.05) is 35.4 Å². The van der Waals surface area contributed by atoms with Crippen LogP contribution in [0.15, 0.2) is 36.5 Å². The number of thiophene rings is 1. The van der Waals surface area contributed by atoms with Gasteiger partial charge in [-0.3, -0.25) is 14.5 Å². The monoisotopic (exact) mass is 441 g/mol. The summed E-state index contributed by atoms with van der Waals surface area (Å²) in [5, 5.41) is 2.79. The second-order valence-electron chi connectivity index (χ2n) is 8.41. The molecule has 2 aromatic heterocycles. The highest BCUT2D eigenvalue weighted by Gasteiger charge is 2.28. The van der Waals surface area contributed by atoms with Gasteiger partial charge in [0, 0.05) is 63.8 Å². The van der Waals surface area contributed by atoms with Gasteiger partial charge in [-0.15, -0.1) is 11.3 Å². The van der Waals surface area contributed by atoms with E-state index in [4.69, 9.17) is 0 Å². The number of amides is 2. The van der Waals surface area contributed by atoms with Crippen LogP contribution in [0.3, 0.4) is 0 Å². The Morgan fingerprint density at radius 2 is 1.97 bits per heavy atom. The van der Waals surface area contributed by atoms with E-state index in [1.165, 1.54) is 24.7 Å². The van der Waals surface area contributed by atoms with Gasteiger partial charge in [-0.25, -0.2) is 4.98 Å². The third-order valence-corrected chi connectivity index (χ3v) is 7.13. The van der Waals surface area contributed by atoms with Crippen molar-refractivity contribution in [3.8, 4) is 0 Å². The van der Waals surface area contributed by atoms with E-state index in [0.717, 1.165) is 67.8 Å². The number of hydrogen-bond acceptors (Lipinski definition) is 6. The molecule has 1 N–H and O–H groups in total. The second kappa shape index (κ2) is 10.2. The average molecular weight is 442 g/mol. The summed E-state index contributed by atoms with van der Waals surface area (Å²) in [6, 6.07) is 9.90. The van der Waals surface area contributed by atoms with E-state index in [1.54, 1.807) is 0 Å². The molecule has 0 saturated carbocycles. The zero-order valence-electron chi connectivity index (χ0n) is 18.1. The van der Waals surface area contributed by atoms with Crippen LogP contribution < -0.4 is 10.2 Å². The van der Waals surface area contributed by atoms with Gasteiger partial charge in [0.2, 0.25) is 5.91 Å². The number of aromatic nitrogens is 1. The Kier molecular flexibility index (Phi) is 7.19. The molecule has 2 amide bonds. The van der Waals surface area contributed by atoms with Crippen LogP contribution in [-0.2, 0) is 11.3 Å². The lowest BCUT2D eigenvalue weighted by atomic mass is 9.97. The standard InChI is InChI=1S/C23H31N5O2S/c1-18(29)25-15-20-7-8-21(31-20)23(30)28-10-4-5-19(17-28)16-26-11-13-27(14-12-26)22-6-2-3-9-24-22/h2-3,6-9,19H,4-5,10-17H2,1H3,(H,25,29). The second-order valence-corrected chi connectivity index (χ2v) is 9.58. The molecule has 2 aromatic rings. The number of anilines is 1. The fourth-order valence-corrected chi connectivity index (χ4v) is 5.33. The Balaban J connectivity index is 1.26. The molecule has 0 bridgehead atoms. The van der Waals surface area contributed by atoms with Gasteiger partial charge in [0.25, 0.3) is 5.91 Å². The molecule has 2 fully saturated rings. The molecule has 4 heterocycles. The SMILES string of the molecule is CC(=O)NCc1ccc(C(=O)N2CCCC(CN3CCN(c4ccccn4)CC3)C2)s1. The Labute approximate surface area is 188 Å². The quantitative estimate of drug-likeness (QED) is 0.746. The van der Waals surface area contributed by atoms with E-state index in [0.29, 0.717) is 12.5 Å². The lowest BCUT2D eigenvalue weighted by Crippen LogP contribution is -2.50. The van der Waals surface area contributed by atoms with Gasteiger partial charge in [-0.1, -0.05) is 6.07 Å². The lowest BCUT2D eigenvalue weighted by molar-refractivity contribution is -0.119. The Morgan fingerprint density at radius 3 is 2.71 bits per heavy atom. The molecule has 31 heavy (non-hydrogen) atoms. The fourth-order valence-electron chi connectivity index (χ4n) is 4.42. The van der Waals surface area contributed by atoms with Crippen molar-refractivity contribution in [2.75, 3.05) is 50.7 Å². The molecule has 4 rings (SSSR count). The number of pyridine rings is 1. The summed E-state index contributed by atoms with van der Waals surface area (Å²) in [6.07, 6.45) is 4.10. The number of nitrogens with zero attached hydrogens (tertiary/aromatic N) is 4. The van der Waals surface area contributed by atoms with Crippen LogP contribution >= 0.6 is 11.3 Å². The summed E-state index contributed by atoms with van der Waals surface area (Å²) in [7, 11) is 0. The molecular formula is C23H31N5O2S. The van der Waals surface area contributed by atoms with Gasteiger partial charge < -0.3 is 15.1 Å². The first-order valence-electron chi connectivity index (χ1n) is 11.1.